The summed E-state index contributed by atoms with van der Waals surface area (Å²) in [7, 11) is 0. The molecule has 4 aromatic rings. The first-order valence-corrected chi connectivity index (χ1v) is 17.3. The van der Waals surface area contributed by atoms with Crippen molar-refractivity contribution < 1.29 is 27.4 Å². The Balaban J connectivity index is 1.22. The first-order valence-electron chi connectivity index (χ1n) is 17.3. The van der Waals surface area contributed by atoms with E-state index in [9.17, 15) is 13.6 Å². The molecule has 4 aliphatic heterocycles. The summed E-state index contributed by atoms with van der Waals surface area (Å²) in [5, 5.41) is 1.40. The molecule has 0 radical (unpaired) electrons. The highest BCUT2D eigenvalue weighted by Gasteiger charge is 2.50. The van der Waals surface area contributed by atoms with E-state index < -0.39 is 28.9 Å². The Labute approximate surface area is 288 Å². The lowest BCUT2D eigenvalue weighted by molar-refractivity contribution is 0.0122. The van der Waals surface area contributed by atoms with Crippen LogP contribution in [-0.4, -0.2) is 93.0 Å². The van der Waals surface area contributed by atoms with Crippen LogP contribution in [0.2, 0.25) is 0 Å². The van der Waals surface area contributed by atoms with Gasteiger partial charge in [0.2, 0.25) is 0 Å². The molecule has 50 heavy (non-hydrogen) atoms. The number of piperazine rings is 1. The molecule has 0 aliphatic carbocycles. The minimum atomic E-state index is -0.937. The summed E-state index contributed by atoms with van der Waals surface area (Å²) in [6.07, 6.45) is 9.66. The maximum absolute atomic E-state index is 16.9. The van der Waals surface area contributed by atoms with E-state index in [1.165, 1.54) is 12.3 Å². The minimum absolute atomic E-state index is 0.0110. The molecule has 0 spiro atoms. The topological polar surface area (TPSA) is 83.9 Å². The van der Waals surface area contributed by atoms with Crippen molar-refractivity contribution >= 4 is 33.6 Å². The van der Waals surface area contributed by atoms with Crippen LogP contribution in [0, 0.1) is 24.0 Å². The van der Waals surface area contributed by atoms with Crippen LogP contribution in [0.3, 0.4) is 0 Å². The summed E-state index contributed by atoms with van der Waals surface area (Å²) in [5.74, 6) is 1.55. The first-order chi connectivity index (χ1) is 23.9. The first kappa shape index (κ1) is 32.6. The van der Waals surface area contributed by atoms with Crippen molar-refractivity contribution in [2.45, 2.75) is 82.3 Å². The van der Waals surface area contributed by atoms with Gasteiger partial charge >= 0.3 is 12.1 Å². The van der Waals surface area contributed by atoms with Crippen LogP contribution in [0.15, 0.2) is 36.5 Å². The number of anilines is 1. The normalized spacial score (nSPS) is 24.9. The monoisotopic (exact) mass is 684 g/mol. The Kier molecular flexibility index (Phi) is 7.82. The average molecular weight is 685 g/mol. The number of carbonyl (C=O) groups is 1. The van der Waals surface area contributed by atoms with E-state index in [0.29, 0.717) is 53.6 Å². The summed E-state index contributed by atoms with van der Waals surface area (Å²) < 4.78 is 58.4. The van der Waals surface area contributed by atoms with Gasteiger partial charge in [-0.25, -0.2) is 18.0 Å². The number of hydrogen-bond acceptors (Lipinski definition) is 8. The molecule has 260 valence electrons. The number of amides is 1. The largest absolute Gasteiger partial charge is 0.461 e. The molecule has 4 fully saturated rings. The molecule has 4 atom stereocenters. The van der Waals surface area contributed by atoms with E-state index in [1.807, 2.05) is 30.6 Å². The maximum Gasteiger partial charge on any atom is 0.410 e. The number of halogens is 3. The molecule has 2 aromatic carbocycles. The highest BCUT2D eigenvalue weighted by atomic mass is 19.1. The van der Waals surface area contributed by atoms with Crippen molar-refractivity contribution in [3.63, 3.8) is 0 Å². The van der Waals surface area contributed by atoms with Crippen molar-refractivity contribution in [1.29, 1.82) is 0 Å². The molecule has 2 aromatic heterocycles. The lowest BCUT2D eigenvalue weighted by atomic mass is 9.95. The third kappa shape index (κ3) is 5.46. The number of benzene rings is 2. The van der Waals surface area contributed by atoms with Crippen molar-refractivity contribution in [3.05, 3.63) is 53.7 Å². The van der Waals surface area contributed by atoms with Gasteiger partial charge in [-0.15, -0.1) is 6.42 Å². The van der Waals surface area contributed by atoms with E-state index >= 15 is 4.39 Å². The van der Waals surface area contributed by atoms with Crippen LogP contribution in [0.25, 0.3) is 32.9 Å². The maximum atomic E-state index is 16.9. The van der Waals surface area contributed by atoms with E-state index in [1.54, 1.807) is 24.3 Å². The third-order valence-corrected chi connectivity index (χ3v) is 10.7. The molecule has 0 N–H and O–H groups in total. The van der Waals surface area contributed by atoms with Gasteiger partial charge in [-0.1, -0.05) is 30.2 Å². The molecule has 6 heterocycles. The molecule has 2 unspecified atom stereocenters. The number of aromatic nitrogens is 3. The quantitative estimate of drug-likeness (QED) is 0.216. The van der Waals surface area contributed by atoms with Crippen LogP contribution >= 0.6 is 0 Å². The molecule has 8 rings (SSSR count). The van der Waals surface area contributed by atoms with Gasteiger partial charge in [-0.05, 0) is 64.5 Å². The number of rotatable bonds is 5. The van der Waals surface area contributed by atoms with Gasteiger partial charge in [-0.3, -0.25) is 14.8 Å². The highest BCUT2D eigenvalue weighted by Crippen LogP contribution is 2.42. The van der Waals surface area contributed by atoms with Crippen molar-refractivity contribution in [1.82, 2.24) is 24.8 Å². The van der Waals surface area contributed by atoms with E-state index in [2.05, 4.69) is 20.8 Å². The second kappa shape index (κ2) is 12.0. The van der Waals surface area contributed by atoms with E-state index in [0.717, 1.165) is 32.2 Å². The van der Waals surface area contributed by atoms with E-state index in [4.69, 9.17) is 20.9 Å². The second-order valence-electron chi connectivity index (χ2n) is 15.0. The zero-order chi connectivity index (χ0) is 34.9. The SMILES string of the molecule is C#Cc1c(F)ccc2cccc(-c3ncc4c(N5CC6CCC(C5)N6C(=O)OC(C)(C)C)nc(OC[C@@]56CCCN5C[C@H](F)C6)nc4c3F)c12. The highest BCUT2D eigenvalue weighted by molar-refractivity contribution is 6.02. The molecular formula is C38H39F3N6O3. The van der Waals surface area contributed by atoms with Gasteiger partial charge in [-0.2, -0.15) is 9.97 Å². The Morgan fingerprint density at radius 3 is 2.62 bits per heavy atom. The number of fused-ring (bicyclic) bond motifs is 5. The number of carbonyl (C=O) groups excluding carboxylic acids is 1. The number of terminal acetylenes is 1. The molecule has 4 saturated heterocycles. The fraction of sp³-hybridized carbons (Fsp3) is 0.474. The van der Waals surface area contributed by atoms with E-state index in [-0.39, 0.29) is 47.6 Å². The van der Waals surface area contributed by atoms with Gasteiger partial charge < -0.3 is 14.4 Å². The minimum Gasteiger partial charge on any atom is -0.461 e. The summed E-state index contributed by atoms with van der Waals surface area (Å²) in [5.41, 5.74) is -0.780. The molecule has 1 amide bonds. The summed E-state index contributed by atoms with van der Waals surface area (Å²) in [6.45, 7) is 7.77. The Bertz CT molecular complexity index is 2050. The van der Waals surface area contributed by atoms with Crippen molar-refractivity contribution in [2.75, 3.05) is 37.7 Å². The average Bonchev–Trinajstić information content (AvgIpc) is 3.69. The predicted octanol–water partition coefficient (Wildman–Crippen LogP) is 6.65. The Morgan fingerprint density at radius 1 is 1.10 bits per heavy atom. The number of nitrogens with zero attached hydrogens (tertiary/aromatic N) is 6. The zero-order valence-corrected chi connectivity index (χ0v) is 28.4. The lowest BCUT2D eigenvalue weighted by Crippen LogP contribution is -2.57. The smallest absolute Gasteiger partial charge is 0.410 e. The fourth-order valence-corrected chi connectivity index (χ4v) is 8.54. The van der Waals surface area contributed by atoms with Gasteiger partial charge in [0, 0.05) is 43.2 Å². The van der Waals surface area contributed by atoms with Gasteiger partial charge in [0.1, 0.15) is 41.2 Å². The Hall–Kier alpha value is -4.63. The van der Waals surface area contributed by atoms with Crippen LogP contribution in [-0.2, 0) is 4.74 Å². The van der Waals surface area contributed by atoms with Gasteiger partial charge in [0.05, 0.1) is 28.6 Å². The van der Waals surface area contributed by atoms with Gasteiger partial charge in [0.15, 0.2) is 5.82 Å². The number of alkyl halides is 1. The summed E-state index contributed by atoms with van der Waals surface area (Å²) in [6, 6.07) is 7.80. The molecule has 9 nitrogen and oxygen atoms in total. The Morgan fingerprint density at radius 2 is 1.88 bits per heavy atom. The molecule has 2 bridgehead atoms. The molecule has 4 aliphatic rings. The second-order valence-corrected chi connectivity index (χ2v) is 15.0. The zero-order valence-electron chi connectivity index (χ0n) is 28.4. The van der Waals surface area contributed by atoms with Crippen molar-refractivity contribution in [3.8, 4) is 29.6 Å². The number of ether oxygens (including phenoxy) is 2. The van der Waals surface area contributed by atoms with Crippen LogP contribution in [0.1, 0.15) is 58.4 Å². The number of hydrogen-bond donors (Lipinski definition) is 0. The number of pyridine rings is 1. The lowest BCUT2D eigenvalue weighted by Gasteiger charge is -2.42. The van der Waals surface area contributed by atoms with Crippen LogP contribution in [0.5, 0.6) is 6.01 Å². The molecule has 0 saturated carbocycles. The van der Waals surface area contributed by atoms with Crippen LogP contribution in [0.4, 0.5) is 23.8 Å². The van der Waals surface area contributed by atoms with Crippen LogP contribution < -0.4 is 9.64 Å². The molecular weight excluding hydrogens is 645 g/mol. The van der Waals surface area contributed by atoms with Gasteiger partial charge in [0.25, 0.3) is 0 Å². The summed E-state index contributed by atoms with van der Waals surface area (Å²) >= 11 is 0. The summed E-state index contributed by atoms with van der Waals surface area (Å²) in [4.78, 5) is 33.2. The third-order valence-electron chi connectivity index (χ3n) is 10.7. The predicted molar refractivity (Wildman–Crippen MR) is 184 cm³/mol. The fourth-order valence-electron chi connectivity index (χ4n) is 8.54. The standard InChI is InChI=1S/C38H39F3N6O3/c1-5-26-29(40)13-10-22-8-6-9-27(30(22)26)32-31(41)33-28(17-42-32)34(44-35(43-33)49-21-38-14-7-15-46(38)18-23(39)16-38)45-19-24-11-12-25(20-45)47(24)36(48)50-37(2,3)4/h1,6,8-10,13,17,23-25H,7,11-12,14-16,18-21H2,2-4H3/t23-,24?,25?,38+/m1/s1. The molecule has 12 heteroatoms. The van der Waals surface area contributed by atoms with Crippen molar-refractivity contribution in [2.24, 2.45) is 0 Å².